The van der Waals surface area contributed by atoms with Crippen LogP contribution in [0.15, 0.2) is 36.6 Å². The molecule has 28 heavy (non-hydrogen) atoms. The lowest BCUT2D eigenvalue weighted by Crippen LogP contribution is -2.53. The Hall–Kier alpha value is -3.06. The van der Waals surface area contributed by atoms with Gasteiger partial charge in [-0.15, -0.1) is 6.58 Å². The molecule has 0 unspecified atom stereocenters. The summed E-state index contributed by atoms with van der Waals surface area (Å²) in [4.78, 5) is 27.8. The van der Waals surface area contributed by atoms with Crippen molar-refractivity contribution in [1.82, 2.24) is 15.6 Å². The van der Waals surface area contributed by atoms with Crippen molar-refractivity contribution in [3.05, 3.63) is 47.8 Å². The van der Waals surface area contributed by atoms with Crippen LogP contribution in [-0.2, 0) is 19.7 Å². The van der Waals surface area contributed by atoms with Crippen LogP contribution in [0.25, 0.3) is 17.0 Å². The van der Waals surface area contributed by atoms with Crippen LogP contribution < -0.4 is 15.4 Å². The smallest absolute Gasteiger partial charge is 0.268 e. The van der Waals surface area contributed by atoms with E-state index in [2.05, 4.69) is 22.2 Å². The molecule has 0 spiro atoms. The summed E-state index contributed by atoms with van der Waals surface area (Å²) in [6, 6.07) is 5.07. The first kappa shape index (κ1) is 19.7. The van der Waals surface area contributed by atoms with Crippen LogP contribution in [0.2, 0.25) is 0 Å². The van der Waals surface area contributed by atoms with Gasteiger partial charge in [0.25, 0.3) is 5.91 Å². The maximum atomic E-state index is 12.4. The van der Waals surface area contributed by atoms with Crippen molar-refractivity contribution in [3.63, 3.8) is 0 Å². The number of carbonyl (C=O) groups is 2. The number of fused-ring (bicyclic) bond motifs is 1. The average Bonchev–Trinajstić information content (AvgIpc) is 3.03. The SMILES string of the molecule is C=CC(C)(C)c1[nH]c2cc(OCOC)ccc2c1/C=C1\NC(=O)[C@H](C)NC1=O. The highest BCUT2D eigenvalue weighted by atomic mass is 16.7. The van der Waals surface area contributed by atoms with Crippen LogP contribution in [0, 0.1) is 0 Å². The largest absolute Gasteiger partial charge is 0.467 e. The fourth-order valence-electron chi connectivity index (χ4n) is 3.06. The maximum absolute atomic E-state index is 12.4. The standard InChI is InChI=1S/C21H25N3O4/c1-6-21(3,4)18-15(10-17-20(26)22-12(2)19(25)24-17)14-8-7-13(28-11-27-5)9-16(14)23-18/h6-10,12,23H,1,11H2,2-5H3,(H,22,26)(H,24,25)/b17-10-/t12-/m0/s1. The normalized spacial score (nSPS) is 18.9. The highest BCUT2D eigenvalue weighted by Gasteiger charge is 2.29. The molecule has 0 aliphatic carbocycles. The second-order valence-electron chi connectivity index (χ2n) is 7.34. The van der Waals surface area contributed by atoms with Gasteiger partial charge in [0.1, 0.15) is 17.5 Å². The minimum atomic E-state index is -0.558. The molecular formula is C21H25N3O4. The van der Waals surface area contributed by atoms with Crippen LogP contribution in [0.5, 0.6) is 5.75 Å². The molecule has 0 radical (unpaired) electrons. The minimum absolute atomic E-state index is 0.151. The van der Waals surface area contributed by atoms with E-state index in [4.69, 9.17) is 9.47 Å². The van der Waals surface area contributed by atoms with Crippen molar-refractivity contribution in [2.45, 2.75) is 32.2 Å². The number of hydrogen-bond acceptors (Lipinski definition) is 4. The number of aromatic amines is 1. The Kier molecular flexibility index (Phi) is 5.29. The Labute approximate surface area is 163 Å². The second-order valence-corrected chi connectivity index (χ2v) is 7.34. The molecule has 1 fully saturated rings. The quantitative estimate of drug-likeness (QED) is 0.406. The lowest BCUT2D eigenvalue weighted by molar-refractivity contribution is -0.130. The second kappa shape index (κ2) is 7.52. The van der Waals surface area contributed by atoms with Gasteiger partial charge in [-0.1, -0.05) is 19.9 Å². The molecule has 3 rings (SSSR count). The van der Waals surface area contributed by atoms with E-state index < -0.39 is 6.04 Å². The number of allylic oxidation sites excluding steroid dienone is 1. The molecule has 3 N–H and O–H groups in total. The van der Waals surface area contributed by atoms with Crippen LogP contribution in [0.4, 0.5) is 0 Å². The number of benzene rings is 1. The van der Waals surface area contributed by atoms with Crippen LogP contribution in [-0.4, -0.2) is 36.7 Å². The number of ether oxygens (including phenoxy) is 2. The van der Waals surface area contributed by atoms with Gasteiger partial charge in [0, 0.05) is 40.8 Å². The number of methoxy groups -OCH3 is 1. The van der Waals surface area contributed by atoms with Crippen molar-refractivity contribution in [2.24, 2.45) is 0 Å². The topological polar surface area (TPSA) is 92.4 Å². The molecule has 2 heterocycles. The van der Waals surface area contributed by atoms with E-state index in [9.17, 15) is 9.59 Å². The predicted octanol–water partition coefficient (Wildman–Crippen LogP) is 2.59. The first-order valence-corrected chi connectivity index (χ1v) is 9.01. The zero-order valence-corrected chi connectivity index (χ0v) is 16.5. The van der Waals surface area contributed by atoms with E-state index in [1.165, 1.54) is 0 Å². The third kappa shape index (κ3) is 3.66. The zero-order chi connectivity index (χ0) is 20.5. The molecule has 148 valence electrons. The average molecular weight is 383 g/mol. The van der Waals surface area contributed by atoms with Gasteiger partial charge in [-0.25, -0.2) is 0 Å². The van der Waals surface area contributed by atoms with Gasteiger partial charge >= 0.3 is 0 Å². The Morgan fingerprint density at radius 1 is 1.29 bits per heavy atom. The number of nitrogens with one attached hydrogen (secondary N) is 3. The number of amides is 2. The fraction of sp³-hybridized carbons (Fsp3) is 0.333. The minimum Gasteiger partial charge on any atom is -0.467 e. The summed E-state index contributed by atoms with van der Waals surface area (Å²) in [5.74, 6) is 0.102. The third-order valence-corrected chi connectivity index (χ3v) is 4.84. The van der Waals surface area contributed by atoms with Gasteiger partial charge in [-0.05, 0) is 25.1 Å². The van der Waals surface area contributed by atoms with Crippen LogP contribution in [0.3, 0.4) is 0 Å². The molecule has 1 saturated heterocycles. The van der Waals surface area contributed by atoms with Crippen molar-refractivity contribution in [1.29, 1.82) is 0 Å². The molecule has 7 nitrogen and oxygen atoms in total. The number of carbonyl (C=O) groups excluding carboxylic acids is 2. The number of piperazine rings is 1. The lowest BCUT2D eigenvalue weighted by Gasteiger charge is -2.23. The van der Waals surface area contributed by atoms with E-state index in [0.29, 0.717) is 5.75 Å². The first-order chi connectivity index (χ1) is 13.3. The third-order valence-electron chi connectivity index (χ3n) is 4.84. The summed E-state index contributed by atoms with van der Waals surface area (Å²) >= 11 is 0. The summed E-state index contributed by atoms with van der Waals surface area (Å²) < 4.78 is 10.5. The fourth-order valence-corrected chi connectivity index (χ4v) is 3.06. The lowest BCUT2D eigenvalue weighted by atomic mass is 9.86. The predicted molar refractivity (Wildman–Crippen MR) is 108 cm³/mol. The van der Waals surface area contributed by atoms with E-state index in [1.54, 1.807) is 20.1 Å². The summed E-state index contributed by atoms with van der Waals surface area (Å²) in [7, 11) is 1.56. The van der Waals surface area contributed by atoms with Crippen molar-refractivity contribution >= 4 is 28.8 Å². The number of rotatable bonds is 6. The molecule has 0 saturated carbocycles. The molecule has 2 aromatic rings. The van der Waals surface area contributed by atoms with E-state index in [1.807, 2.05) is 38.1 Å². The van der Waals surface area contributed by atoms with Crippen LogP contribution in [0.1, 0.15) is 32.0 Å². The summed E-state index contributed by atoms with van der Waals surface area (Å²) in [5.41, 5.74) is 2.38. The zero-order valence-electron chi connectivity index (χ0n) is 16.5. The molecular weight excluding hydrogens is 358 g/mol. The van der Waals surface area contributed by atoms with Gasteiger partial charge in [0.2, 0.25) is 5.91 Å². The summed E-state index contributed by atoms with van der Waals surface area (Å²) in [5, 5.41) is 6.25. The van der Waals surface area contributed by atoms with E-state index >= 15 is 0 Å². The van der Waals surface area contributed by atoms with E-state index in [-0.39, 0.29) is 29.7 Å². The van der Waals surface area contributed by atoms with Crippen LogP contribution >= 0.6 is 0 Å². The molecule has 1 atom stereocenters. The van der Waals surface area contributed by atoms with Gasteiger partial charge in [-0.2, -0.15) is 0 Å². The Morgan fingerprint density at radius 2 is 2.04 bits per heavy atom. The Balaban J connectivity index is 2.14. The molecule has 2 amide bonds. The van der Waals surface area contributed by atoms with Gasteiger partial charge < -0.3 is 25.1 Å². The van der Waals surface area contributed by atoms with E-state index in [0.717, 1.165) is 22.2 Å². The van der Waals surface area contributed by atoms with Crippen molar-refractivity contribution < 1.29 is 19.1 Å². The van der Waals surface area contributed by atoms with Crippen molar-refractivity contribution in [2.75, 3.05) is 13.9 Å². The van der Waals surface area contributed by atoms with Gasteiger partial charge in [0.15, 0.2) is 6.79 Å². The Bertz CT molecular complexity index is 971. The number of aromatic nitrogens is 1. The monoisotopic (exact) mass is 383 g/mol. The molecule has 7 heteroatoms. The number of H-pyrrole nitrogens is 1. The summed E-state index contributed by atoms with van der Waals surface area (Å²) in [6.45, 7) is 9.77. The molecule has 1 aliphatic rings. The molecule has 1 aromatic carbocycles. The maximum Gasteiger partial charge on any atom is 0.268 e. The molecule has 1 aromatic heterocycles. The summed E-state index contributed by atoms with van der Waals surface area (Å²) in [6.07, 6.45) is 3.54. The Morgan fingerprint density at radius 3 is 2.71 bits per heavy atom. The number of hydrogen-bond donors (Lipinski definition) is 3. The van der Waals surface area contributed by atoms with Crippen molar-refractivity contribution in [3.8, 4) is 5.75 Å². The first-order valence-electron chi connectivity index (χ1n) is 9.01. The van der Waals surface area contributed by atoms with Gasteiger partial charge in [-0.3, -0.25) is 9.59 Å². The molecule has 1 aliphatic heterocycles. The van der Waals surface area contributed by atoms with Gasteiger partial charge in [0.05, 0.1) is 0 Å². The highest BCUT2D eigenvalue weighted by Crippen LogP contribution is 2.35. The highest BCUT2D eigenvalue weighted by molar-refractivity contribution is 6.08. The molecule has 0 bridgehead atoms.